The van der Waals surface area contributed by atoms with E-state index >= 15 is 0 Å². The van der Waals surface area contributed by atoms with Crippen LogP contribution in [0, 0.1) is 6.92 Å². The number of piperazine rings is 1. The Morgan fingerprint density at radius 1 is 1.14 bits per heavy atom. The Balaban J connectivity index is 1.81. The number of hydrogen-bond donors (Lipinski definition) is 0. The number of aromatic nitrogens is 1. The summed E-state index contributed by atoms with van der Waals surface area (Å²) in [6, 6.07) is 3.02. The molecule has 1 aromatic carbocycles. The topological polar surface area (TPSA) is 102 Å². The van der Waals surface area contributed by atoms with Crippen molar-refractivity contribution in [2.45, 2.75) is 38.2 Å². The molecule has 0 saturated carbocycles. The molecular weight excluding hydrogens is 386 g/mol. The van der Waals surface area contributed by atoms with Crippen LogP contribution in [-0.2, 0) is 21.8 Å². The van der Waals surface area contributed by atoms with Gasteiger partial charge in [-0.05, 0) is 39.3 Å². The van der Waals surface area contributed by atoms with Gasteiger partial charge in [-0.3, -0.25) is 4.57 Å². The average Bonchev–Trinajstić information content (AvgIpc) is 2.87. The van der Waals surface area contributed by atoms with Crippen molar-refractivity contribution in [3.63, 3.8) is 0 Å². The molecule has 2 heterocycles. The maximum Gasteiger partial charge on any atom is 0.419 e. The summed E-state index contributed by atoms with van der Waals surface area (Å²) in [5.74, 6) is -0.546. The van der Waals surface area contributed by atoms with Crippen LogP contribution in [0.1, 0.15) is 26.3 Å². The highest BCUT2D eigenvalue weighted by Gasteiger charge is 2.33. The number of sulfonamides is 1. The summed E-state index contributed by atoms with van der Waals surface area (Å²) in [6.07, 6.45) is -0.451. The number of nitrogens with zero attached hydrogens (tertiary/aromatic N) is 3. The van der Waals surface area contributed by atoms with Gasteiger partial charge in [-0.25, -0.2) is 18.0 Å². The molecule has 3 rings (SSSR count). The fourth-order valence-corrected chi connectivity index (χ4v) is 4.76. The van der Waals surface area contributed by atoms with Gasteiger partial charge in [0.05, 0.1) is 10.4 Å². The summed E-state index contributed by atoms with van der Waals surface area (Å²) < 4.78 is 39.4. The minimum atomic E-state index is -3.79. The summed E-state index contributed by atoms with van der Waals surface area (Å²) in [6.45, 7) is 7.85. The Hall–Kier alpha value is -2.33. The summed E-state index contributed by atoms with van der Waals surface area (Å²) in [7, 11) is -2.22. The normalized spacial score (nSPS) is 16.5. The molecule has 0 spiro atoms. The second-order valence-electron chi connectivity index (χ2n) is 7.88. The highest BCUT2D eigenvalue weighted by molar-refractivity contribution is 7.89. The van der Waals surface area contributed by atoms with E-state index in [1.807, 2.05) is 0 Å². The maximum absolute atomic E-state index is 13.1. The Morgan fingerprint density at radius 2 is 1.75 bits per heavy atom. The molecule has 1 saturated heterocycles. The fraction of sp³-hybridized carbons (Fsp3) is 0.556. The van der Waals surface area contributed by atoms with Crippen molar-refractivity contribution >= 4 is 27.2 Å². The monoisotopic (exact) mass is 411 g/mol. The molecule has 1 aliphatic heterocycles. The van der Waals surface area contributed by atoms with Crippen molar-refractivity contribution in [2.24, 2.45) is 7.05 Å². The zero-order valence-electron chi connectivity index (χ0n) is 16.7. The van der Waals surface area contributed by atoms with E-state index in [-0.39, 0.29) is 36.7 Å². The average molecular weight is 411 g/mol. The quantitative estimate of drug-likeness (QED) is 0.745. The van der Waals surface area contributed by atoms with Gasteiger partial charge in [0.2, 0.25) is 10.0 Å². The largest absolute Gasteiger partial charge is 0.444 e. The Kier molecular flexibility index (Phi) is 5.05. The molecule has 1 fully saturated rings. The zero-order valence-corrected chi connectivity index (χ0v) is 17.5. The number of rotatable bonds is 2. The van der Waals surface area contributed by atoms with Gasteiger partial charge in [0.25, 0.3) is 0 Å². The third kappa shape index (κ3) is 3.79. The number of carbonyl (C=O) groups excluding carboxylic acids is 1. The van der Waals surface area contributed by atoms with Crippen LogP contribution in [-0.4, -0.2) is 60.1 Å². The van der Waals surface area contributed by atoms with Gasteiger partial charge in [-0.1, -0.05) is 0 Å². The first kappa shape index (κ1) is 20.4. The van der Waals surface area contributed by atoms with Gasteiger partial charge < -0.3 is 14.1 Å². The van der Waals surface area contributed by atoms with Gasteiger partial charge in [0, 0.05) is 39.3 Å². The standard InChI is InChI=1S/C18H25N3O6S/c1-12-10-13-14(26-16(22)19(13)5)11-15(12)28(24,25)21-8-6-20(7-9-21)17(23)27-18(2,3)4/h10-11H,6-9H2,1-5H3. The Labute approximate surface area is 163 Å². The number of aryl methyl sites for hydroxylation is 2. The van der Waals surface area contributed by atoms with Crippen LogP contribution in [0.5, 0.6) is 0 Å². The van der Waals surface area contributed by atoms with Gasteiger partial charge in [-0.15, -0.1) is 0 Å². The van der Waals surface area contributed by atoms with Crippen LogP contribution in [0.15, 0.2) is 26.2 Å². The van der Waals surface area contributed by atoms with Crippen molar-refractivity contribution < 1.29 is 22.4 Å². The van der Waals surface area contributed by atoms with Crippen LogP contribution in [0.3, 0.4) is 0 Å². The lowest BCUT2D eigenvalue weighted by Crippen LogP contribution is -2.51. The third-order valence-electron chi connectivity index (χ3n) is 4.60. The van der Waals surface area contributed by atoms with E-state index in [4.69, 9.17) is 9.15 Å². The highest BCUT2D eigenvalue weighted by Crippen LogP contribution is 2.26. The molecular formula is C18H25N3O6S. The SMILES string of the molecule is Cc1cc2c(cc1S(=O)(=O)N1CCN(C(=O)OC(C)(C)C)CC1)oc(=O)n2C. The van der Waals surface area contributed by atoms with Crippen molar-refractivity contribution in [1.29, 1.82) is 0 Å². The number of benzene rings is 1. The number of carbonyl (C=O) groups is 1. The highest BCUT2D eigenvalue weighted by atomic mass is 32.2. The predicted octanol–water partition coefficient (Wildman–Crippen LogP) is 1.68. The lowest BCUT2D eigenvalue weighted by molar-refractivity contribution is 0.0192. The molecule has 0 radical (unpaired) electrons. The van der Waals surface area contributed by atoms with Gasteiger partial charge >= 0.3 is 11.8 Å². The molecule has 1 aliphatic rings. The van der Waals surface area contributed by atoms with Crippen LogP contribution < -0.4 is 5.76 Å². The van der Waals surface area contributed by atoms with E-state index < -0.39 is 27.5 Å². The third-order valence-corrected chi connectivity index (χ3v) is 6.64. The second-order valence-corrected chi connectivity index (χ2v) is 9.79. The summed E-state index contributed by atoms with van der Waals surface area (Å²) >= 11 is 0. The molecule has 0 aliphatic carbocycles. The molecule has 28 heavy (non-hydrogen) atoms. The Morgan fingerprint density at radius 3 is 2.32 bits per heavy atom. The molecule has 9 nitrogen and oxygen atoms in total. The minimum Gasteiger partial charge on any atom is -0.444 e. The fourth-order valence-electron chi connectivity index (χ4n) is 3.11. The van der Waals surface area contributed by atoms with Gasteiger partial charge in [0.15, 0.2) is 5.58 Å². The van der Waals surface area contributed by atoms with Crippen LogP contribution in [0.2, 0.25) is 0 Å². The summed E-state index contributed by atoms with van der Waals surface area (Å²) in [5.41, 5.74) is 0.686. The summed E-state index contributed by atoms with van der Waals surface area (Å²) in [5, 5.41) is 0. The zero-order chi connectivity index (χ0) is 20.9. The van der Waals surface area contributed by atoms with Crippen LogP contribution in [0.4, 0.5) is 4.79 Å². The number of hydrogen-bond acceptors (Lipinski definition) is 6. The van der Waals surface area contributed by atoms with E-state index in [0.717, 1.165) is 0 Å². The molecule has 154 valence electrons. The van der Waals surface area contributed by atoms with Crippen LogP contribution >= 0.6 is 0 Å². The molecule has 10 heteroatoms. The van der Waals surface area contributed by atoms with Crippen molar-refractivity contribution in [2.75, 3.05) is 26.2 Å². The number of oxazole rings is 1. The van der Waals surface area contributed by atoms with Crippen molar-refractivity contribution in [3.05, 3.63) is 28.2 Å². The predicted molar refractivity (Wildman–Crippen MR) is 103 cm³/mol. The number of amides is 1. The van der Waals surface area contributed by atoms with E-state index in [0.29, 0.717) is 11.1 Å². The second kappa shape index (κ2) is 6.93. The number of ether oxygens (including phenoxy) is 1. The van der Waals surface area contributed by atoms with E-state index in [1.165, 1.54) is 19.8 Å². The van der Waals surface area contributed by atoms with E-state index in [1.54, 1.807) is 40.8 Å². The molecule has 0 atom stereocenters. The maximum atomic E-state index is 13.1. The lowest BCUT2D eigenvalue weighted by Gasteiger charge is -2.35. The first-order valence-corrected chi connectivity index (χ1v) is 10.4. The van der Waals surface area contributed by atoms with E-state index in [9.17, 15) is 18.0 Å². The molecule has 1 amide bonds. The smallest absolute Gasteiger partial charge is 0.419 e. The molecule has 0 N–H and O–H groups in total. The van der Waals surface area contributed by atoms with E-state index in [2.05, 4.69) is 0 Å². The first-order chi connectivity index (χ1) is 12.9. The van der Waals surface area contributed by atoms with Crippen molar-refractivity contribution in [3.8, 4) is 0 Å². The molecule has 1 aromatic heterocycles. The molecule has 2 aromatic rings. The lowest BCUT2D eigenvalue weighted by atomic mass is 10.2. The van der Waals surface area contributed by atoms with Gasteiger partial charge in [-0.2, -0.15) is 4.31 Å². The molecule has 0 bridgehead atoms. The van der Waals surface area contributed by atoms with Crippen LogP contribution in [0.25, 0.3) is 11.1 Å². The van der Waals surface area contributed by atoms with Crippen molar-refractivity contribution in [1.82, 2.24) is 13.8 Å². The summed E-state index contributed by atoms with van der Waals surface area (Å²) in [4.78, 5) is 25.5. The number of fused-ring (bicyclic) bond motifs is 1. The molecule has 0 unspecified atom stereocenters. The van der Waals surface area contributed by atoms with Gasteiger partial charge in [0.1, 0.15) is 5.60 Å². The first-order valence-electron chi connectivity index (χ1n) is 8.98. The minimum absolute atomic E-state index is 0.0973. The Bertz CT molecular complexity index is 1070.